The summed E-state index contributed by atoms with van der Waals surface area (Å²) >= 11 is 0. The van der Waals surface area contributed by atoms with Crippen LogP contribution >= 0.6 is 0 Å². The van der Waals surface area contributed by atoms with E-state index in [9.17, 15) is 13.6 Å². The zero-order valence-corrected chi connectivity index (χ0v) is 18.8. The number of nitrogens with zero attached hydrogens (tertiary/aromatic N) is 3. The first-order valence-corrected chi connectivity index (χ1v) is 11.2. The monoisotopic (exact) mass is 443 g/mol. The summed E-state index contributed by atoms with van der Waals surface area (Å²) in [5.41, 5.74) is 1.26. The highest BCUT2D eigenvalue weighted by Gasteiger charge is 2.34. The molecule has 0 bridgehead atoms. The van der Waals surface area contributed by atoms with Gasteiger partial charge in [0.25, 0.3) is 0 Å². The largest absolute Gasteiger partial charge is 0.492 e. The van der Waals surface area contributed by atoms with Gasteiger partial charge in [-0.2, -0.15) is 0 Å². The number of ether oxygens (including phenoxy) is 1. The Bertz CT molecular complexity index is 953. The number of fused-ring (bicyclic) bond motifs is 1. The third kappa shape index (κ3) is 5.27. The summed E-state index contributed by atoms with van der Waals surface area (Å²) in [5, 5.41) is 0. The molecule has 32 heavy (non-hydrogen) atoms. The lowest BCUT2D eigenvalue weighted by molar-refractivity contribution is -0.131. The van der Waals surface area contributed by atoms with Gasteiger partial charge in [-0.1, -0.05) is 18.2 Å². The van der Waals surface area contributed by atoms with Gasteiger partial charge in [0.05, 0.1) is 12.5 Å². The molecule has 4 rings (SSSR count). The summed E-state index contributed by atoms with van der Waals surface area (Å²) in [6.45, 7) is 3.58. The first kappa shape index (κ1) is 22.7. The van der Waals surface area contributed by atoms with E-state index in [4.69, 9.17) is 4.74 Å². The van der Waals surface area contributed by atoms with Crippen LogP contribution in [0.3, 0.4) is 0 Å². The highest BCUT2D eigenvalue weighted by atomic mass is 19.1. The SMILES string of the molecule is CN(C)C[C@H]1COc2ccccc2CN1C[C@@H]1CCCN1C(=O)Cc1cc(F)ccc1F. The van der Waals surface area contributed by atoms with Gasteiger partial charge in [0, 0.05) is 43.3 Å². The van der Waals surface area contributed by atoms with E-state index in [0.717, 1.165) is 62.0 Å². The molecule has 2 aliphatic rings. The molecule has 2 heterocycles. The molecule has 1 saturated heterocycles. The fraction of sp³-hybridized carbons (Fsp3) is 0.480. The quantitative estimate of drug-likeness (QED) is 0.686. The first-order valence-electron chi connectivity index (χ1n) is 11.2. The van der Waals surface area contributed by atoms with Crippen molar-refractivity contribution in [3.05, 3.63) is 65.2 Å². The molecule has 172 valence electrons. The minimum atomic E-state index is -0.539. The molecule has 2 aliphatic heterocycles. The summed E-state index contributed by atoms with van der Waals surface area (Å²) in [6.07, 6.45) is 1.71. The van der Waals surface area contributed by atoms with Gasteiger partial charge in [-0.25, -0.2) is 8.78 Å². The lowest BCUT2D eigenvalue weighted by Gasteiger charge is -2.35. The van der Waals surface area contributed by atoms with Gasteiger partial charge >= 0.3 is 0 Å². The fourth-order valence-corrected chi connectivity index (χ4v) is 4.79. The van der Waals surface area contributed by atoms with Crippen LogP contribution in [0.5, 0.6) is 5.75 Å². The molecular weight excluding hydrogens is 412 g/mol. The average Bonchev–Trinajstić information content (AvgIpc) is 3.15. The lowest BCUT2D eigenvalue weighted by atomic mass is 10.1. The van der Waals surface area contributed by atoms with Crippen LogP contribution in [0.2, 0.25) is 0 Å². The van der Waals surface area contributed by atoms with Gasteiger partial charge in [0.2, 0.25) is 5.91 Å². The zero-order chi connectivity index (χ0) is 22.7. The summed E-state index contributed by atoms with van der Waals surface area (Å²) in [7, 11) is 4.10. The Morgan fingerprint density at radius 2 is 1.97 bits per heavy atom. The van der Waals surface area contributed by atoms with Gasteiger partial charge in [-0.3, -0.25) is 9.69 Å². The van der Waals surface area contributed by atoms with Crippen LogP contribution in [0, 0.1) is 11.6 Å². The van der Waals surface area contributed by atoms with E-state index in [1.165, 1.54) is 0 Å². The van der Waals surface area contributed by atoms with E-state index in [1.807, 2.05) is 23.1 Å². The third-order valence-electron chi connectivity index (χ3n) is 6.36. The van der Waals surface area contributed by atoms with E-state index in [0.29, 0.717) is 13.2 Å². The second-order valence-electron chi connectivity index (χ2n) is 9.06. The molecule has 1 amide bonds. The van der Waals surface area contributed by atoms with Crippen molar-refractivity contribution in [3.8, 4) is 5.75 Å². The molecule has 0 aliphatic carbocycles. The fourth-order valence-electron chi connectivity index (χ4n) is 4.79. The van der Waals surface area contributed by atoms with Crippen LogP contribution in [0.25, 0.3) is 0 Å². The molecule has 0 unspecified atom stereocenters. The van der Waals surface area contributed by atoms with Gasteiger partial charge in [-0.15, -0.1) is 0 Å². The summed E-state index contributed by atoms with van der Waals surface area (Å²) in [5.74, 6) is -0.294. The Hall–Kier alpha value is -2.51. The number of hydrogen-bond acceptors (Lipinski definition) is 4. The zero-order valence-electron chi connectivity index (χ0n) is 18.8. The molecule has 1 fully saturated rings. The van der Waals surface area contributed by atoms with Crippen LogP contribution in [-0.2, 0) is 17.8 Å². The highest BCUT2D eigenvalue weighted by Crippen LogP contribution is 2.28. The predicted molar refractivity (Wildman–Crippen MR) is 119 cm³/mol. The number of likely N-dealkylation sites (tertiary alicyclic amines) is 1. The Balaban J connectivity index is 1.49. The van der Waals surface area contributed by atoms with E-state index in [1.54, 1.807) is 0 Å². The molecule has 2 aromatic carbocycles. The second kappa shape index (κ2) is 9.96. The highest BCUT2D eigenvalue weighted by molar-refractivity contribution is 5.79. The number of carbonyl (C=O) groups is 1. The molecule has 7 heteroatoms. The number of amides is 1. The van der Waals surface area contributed by atoms with Crippen LogP contribution < -0.4 is 4.74 Å². The summed E-state index contributed by atoms with van der Waals surface area (Å²) < 4.78 is 33.7. The van der Waals surface area contributed by atoms with Gasteiger partial charge in [0.15, 0.2) is 0 Å². The number of likely N-dealkylation sites (N-methyl/N-ethyl adjacent to an activating group) is 1. The lowest BCUT2D eigenvalue weighted by Crippen LogP contribution is -2.50. The maximum Gasteiger partial charge on any atom is 0.227 e. The molecule has 2 atom stereocenters. The molecule has 0 aromatic heterocycles. The maximum absolute atomic E-state index is 14.1. The molecule has 0 spiro atoms. The van der Waals surface area contributed by atoms with Crippen molar-refractivity contribution in [1.82, 2.24) is 14.7 Å². The van der Waals surface area contributed by atoms with Crippen molar-refractivity contribution in [2.24, 2.45) is 0 Å². The molecule has 0 N–H and O–H groups in total. The standard InChI is InChI=1S/C25H31F2N3O2/c1-28(2)15-22-17-32-24-8-4-3-6-18(24)14-29(22)16-21-7-5-11-30(21)25(31)13-19-12-20(26)9-10-23(19)27/h3-4,6,8-10,12,21-22H,5,7,11,13-17H2,1-2H3/t21-,22-/m0/s1. The smallest absolute Gasteiger partial charge is 0.227 e. The second-order valence-corrected chi connectivity index (χ2v) is 9.06. The Morgan fingerprint density at radius 3 is 2.78 bits per heavy atom. The minimum Gasteiger partial charge on any atom is -0.492 e. The molecule has 0 radical (unpaired) electrons. The normalized spacial score (nSPS) is 21.3. The summed E-state index contributed by atoms with van der Waals surface area (Å²) in [6, 6.07) is 11.6. The van der Waals surface area contributed by atoms with E-state index in [2.05, 4.69) is 30.0 Å². The average molecular weight is 444 g/mol. The molecule has 5 nitrogen and oxygen atoms in total. The van der Waals surface area contributed by atoms with Gasteiger partial charge in [-0.05, 0) is 51.2 Å². The van der Waals surface area contributed by atoms with Gasteiger partial charge < -0.3 is 14.5 Å². The molecule has 2 aromatic rings. The number of carbonyl (C=O) groups excluding carboxylic acids is 1. The van der Waals surface area contributed by atoms with Crippen LogP contribution in [-0.4, -0.2) is 73.0 Å². The maximum atomic E-state index is 14.1. The Labute approximate surface area is 188 Å². The molecule has 0 saturated carbocycles. The van der Waals surface area contributed by atoms with Crippen molar-refractivity contribution in [1.29, 1.82) is 0 Å². The summed E-state index contributed by atoms with van der Waals surface area (Å²) in [4.78, 5) is 19.5. The van der Waals surface area contributed by atoms with Crippen molar-refractivity contribution in [2.75, 3.05) is 40.3 Å². The van der Waals surface area contributed by atoms with E-state index >= 15 is 0 Å². The van der Waals surface area contributed by atoms with E-state index < -0.39 is 11.6 Å². The topological polar surface area (TPSA) is 36.0 Å². The number of halogens is 2. The predicted octanol–water partition coefficient (Wildman–Crippen LogP) is 3.32. The van der Waals surface area contributed by atoms with Crippen molar-refractivity contribution in [3.63, 3.8) is 0 Å². The number of benzene rings is 2. The van der Waals surface area contributed by atoms with Crippen molar-refractivity contribution >= 4 is 5.91 Å². The molecular formula is C25H31F2N3O2. The Kier molecular flexibility index (Phi) is 7.06. The minimum absolute atomic E-state index is 0.0500. The van der Waals surface area contributed by atoms with Crippen molar-refractivity contribution in [2.45, 2.75) is 37.9 Å². The number of hydrogen-bond donors (Lipinski definition) is 0. The number of para-hydroxylation sites is 1. The van der Waals surface area contributed by atoms with Crippen LogP contribution in [0.4, 0.5) is 8.78 Å². The first-order chi connectivity index (χ1) is 15.4. The number of rotatable bonds is 6. The van der Waals surface area contributed by atoms with Crippen molar-refractivity contribution < 1.29 is 18.3 Å². The third-order valence-corrected chi connectivity index (χ3v) is 6.36. The Morgan fingerprint density at radius 1 is 1.16 bits per heavy atom. The van der Waals surface area contributed by atoms with Crippen LogP contribution in [0.15, 0.2) is 42.5 Å². The van der Waals surface area contributed by atoms with Crippen LogP contribution in [0.1, 0.15) is 24.0 Å². The van der Waals surface area contributed by atoms with Gasteiger partial charge in [0.1, 0.15) is 24.0 Å². The van der Waals surface area contributed by atoms with E-state index in [-0.39, 0.29) is 30.0 Å².